The molecule has 1 saturated heterocycles. The largest absolute Gasteiger partial charge is 0.481 e. The van der Waals surface area contributed by atoms with Crippen LogP contribution >= 0.6 is 0 Å². The van der Waals surface area contributed by atoms with E-state index in [0.29, 0.717) is 11.9 Å². The van der Waals surface area contributed by atoms with Gasteiger partial charge in [0.15, 0.2) is 0 Å². The van der Waals surface area contributed by atoms with Gasteiger partial charge in [-0.3, -0.25) is 4.90 Å². The van der Waals surface area contributed by atoms with E-state index in [1.807, 2.05) is 6.20 Å². The van der Waals surface area contributed by atoms with Gasteiger partial charge in [0.2, 0.25) is 5.88 Å². The average Bonchev–Trinajstić information content (AvgIpc) is 2.39. The van der Waals surface area contributed by atoms with Crippen LogP contribution < -0.4 is 10.1 Å². The summed E-state index contributed by atoms with van der Waals surface area (Å²) in [7, 11) is 1.65. The van der Waals surface area contributed by atoms with Crippen molar-refractivity contribution in [2.24, 2.45) is 0 Å². The SMILES string of the molecule is COc1ncncc1C(C)N1CCNCC1. The third-order valence-electron chi connectivity index (χ3n) is 3.04. The van der Waals surface area contributed by atoms with Crippen molar-refractivity contribution in [2.75, 3.05) is 33.3 Å². The van der Waals surface area contributed by atoms with E-state index in [1.165, 1.54) is 6.33 Å². The molecule has 2 rings (SSSR count). The van der Waals surface area contributed by atoms with Crippen molar-refractivity contribution in [1.82, 2.24) is 20.2 Å². The van der Waals surface area contributed by atoms with E-state index in [1.54, 1.807) is 7.11 Å². The Morgan fingerprint density at radius 3 is 2.88 bits per heavy atom. The van der Waals surface area contributed by atoms with Crippen molar-refractivity contribution < 1.29 is 4.74 Å². The Balaban J connectivity index is 2.15. The predicted molar refractivity (Wildman–Crippen MR) is 61.4 cm³/mol. The van der Waals surface area contributed by atoms with Crippen LogP contribution in [0.25, 0.3) is 0 Å². The van der Waals surface area contributed by atoms with Crippen LogP contribution in [-0.2, 0) is 0 Å². The molecule has 0 saturated carbocycles. The number of hydrogen-bond acceptors (Lipinski definition) is 5. The summed E-state index contributed by atoms with van der Waals surface area (Å²) < 4.78 is 5.26. The van der Waals surface area contributed by atoms with Crippen LogP contribution in [0.4, 0.5) is 0 Å². The molecule has 1 aliphatic rings. The summed E-state index contributed by atoms with van der Waals surface area (Å²) in [5, 5.41) is 3.35. The number of aromatic nitrogens is 2. The van der Waals surface area contributed by atoms with Gasteiger partial charge in [-0.1, -0.05) is 0 Å². The Hall–Kier alpha value is -1.20. The number of nitrogens with one attached hydrogen (secondary N) is 1. The Morgan fingerprint density at radius 1 is 1.44 bits per heavy atom. The van der Waals surface area contributed by atoms with Gasteiger partial charge in [-0.15, -0.1) is 0 Å². The van der Waals surface area contributed by atoms with Gasteiger partial charge in [-0.05, 0) is 6.92 Å². The molecule has 5 nitrogen and oxygen atoms in total. The maximum atomic E-state index is 5.26. The molecule has 2 heterocycles. The summed E-state index contributed by atoms with van der Waals surface area (Å²) in [5.41, 5.74) is 1.06. The molecule has 1 fully saturated rings. The number of piperazine rings is 1. The highest BCUT2D eigenvalue weighted by atomic mass is 16.5. The molecule has 1 unspecified atom stereocenters. The van der Waals surface area contributed by atoms with Crippen LogP contribution in [0.5, 0.6) is 5.88 Å². The highest BCUT2D eigenvalue weighted by Crippen LogP contribution is 2.26. The van der Waals surface area contributed by atoms with Crippen LogP contribution in [0.1, 0.15) is 18.5 Å². The molecule has 0 amide bonds. The fraction of sp³-hybridized carbons (Fsp3) is 0.636. The molecule has 1 aromatic heterocycles. The van der Waals surface area contributed by atoms with Crippen LogP contribution in [0.2, 0.25) is 0 Å². The van der Waals surface area contributed by atoms with Crippen molar-refractivity contribution in [3.63, 3.8) is 0 Å². The second kappa shape index (κ2) is 5.23. The molecular formula is C11H18N4O. The highest BCUT2D eigenvalue weighted by molar-refractivity contribution is 5.25. The first-order chi connectivity index (χ1) is 7.83. The van der Waals surface area contributed by atoms with Crippen LogP contribution in [0.15, 0.2) is 12.5 Å². The molecule has 1 aliphatic heterocycles. The Bertz CT molecular complexity index is 339. The summed E-state index contributed by atoms with van der Waals surface area (Å²) in [6.07, 6.45) is 3.37. The van der Waals surface area contributed by atoms with Gasteiger partial charge < -0.3 is 10.1 Å². The predicted octanol–water partition coefficient (Wildman–Crippen LogP) is 0.451. The maximum Gasteiger partial charge on any atom is 0.220 e. The second-order valence-corrected chi connectivity index (χ2v) is 3.95. The minimum absolute atomic E-state index is 0.304. The molecule has 1 N–H and O–H groups in total. The van der Waals surface area contributed by atoms with E-state index in [-0.39, 0.29) is 0 Å². The summed E-state index contributed by atoms with van der Waals surface area (Å²) in [6.45, 7) is 6.37. The topological polar surface area (TPSA) is 50.3 Å². The molecule has 0 aromatic carbocycles. The highest BCUT2D eigenvalue weighted by Gasteiger charge is 2.21. The minimum atomic E-state index is 0.304. The number of methoxy groups -OCH3 is 1. The van der Waals surface area contributed by atoms with Crippen LogP contribution in [-0.4, -0.2) is 48.2 Å². The zero-order valence-electron chi connectivity index (χ0n) is 9.81. The Morgan fingerprint density at radius 2 is 2.19 bits per heavy atom. The van der Waals surface area contributed by atoms with Gasteiger partial charge in [-0.2, -0.15) is 0 Å². The fourth-order valence-electron chi connectivity index (χ4n) is 2.05. The molecule has 5 heteroatoms. The third kappa shape index (κ3) is 2.31. The Kier molecular flexibility index (Phi) is 3.69. The van der Waals surface area contributed by atoms with Crippen molar-refractivity contribution in [3.8, 4) is 5.88 Å². The summed E-state index contributed by atoms with van der Waals surface area (Å²) in [6, 6.07) is 0.304. The zero-order valence-corrected chi connectivity index (χ0v) is 9.81. The number of nitrogens with zero attached hydrogens (tertiary/aromatic N) is 3. The van der Waals surface area contributed by atoms with E-state index in [0.717, 1.165) is 31.7 Å². The lowest BCUT2D eigenvalue weighted by atomic mass is 10.1. The van der Waals surface area contributed by atoms with Crippen molar-refractivity contribution in [1.29, 1.82) is 0 Å². The monoisotopic (exact) mass is 222 g/mol. The van der Waals surface area contributed by atoms with E-state index < -0.39 is 0 Å². The Labute approximate surface area is 95.8 Å². The minimum Gasteiger partial charge on any atom is -0.481 e. The first-order valence-electron chi connectivity index (χ1n) is 5.61. The number of ether oxygens (including phenoxy) is 1. The lowest BCUT2D eigenvalue weighted by Gasteiger charge is -2.33. The lowest BCUT2D eigenvalue weighted by Crippen LogP contribution is -2.44. The first-order valence-corrected chi connectivity index (χ1v) is 5.61. The number of rotatable bonds is 3. The van der Waals surface area contributed by atoms with Gasteiger partial charge >= 0.3 is 0 Å². The van der Waals surface area contributed by atoms with Crippen LogP contribution in [0, 0.1) is 0 Å². The molecule has 1 atom stereocenters. The maximum absolute atomic E-state index is 5.26. The molecule has 16 heavy (non-hydrogen) atoms. The van der Waals surface area contributed by atoms with Crippen LogP contribution in [0.3, 0.4) is 0 Å². The van der Waals surface area contributed by atoms with E-state index in [2.05, 4.69) is 27.1 Å². The van der Waals surface area contributed by atoms with E-state index in [9.17, 15) is 0 Å². The van der Waals surface area contributed by atoms with Crippen molar-refractivity contribution in [3.05, 3.63) is 18.1 Å². The van der Waals surface area contributed by atoms with Gasteiger partial charge in [0, 0.05) is 44.0 Å². The van der Waals surface area contributed by atoms with E-state index in [4.69, 9.17) is 4.74 Å². The third-order valence-corrected chi connectivity index (χ3v) is 3.04. The molecule has 0 bridgehead atoms. The summed E-state index contributed by atoms with van der Waals surface area (Å²) >= 11 is 0. The summed E-state index contributed by atoms with van der Waals surface area (Å²) in [5.74, 6) is 0.682. The normalized spacial score (nSPS) is 19.4. The second-order valence-electron chi connectivity index (χ2n) is 3.95. The van der Waals surface area contributed by atoms with Crippen molar-refractivity contribution >= 4 is 0 Å². The smallest absolute Gasteiger partial charge is 0.220 e. The van der Waals surface area contributed by atoms with Gasteiger partial charge in [0.05, 0.1) is 7.11 Å². The van der Waals surface area contributed by atoms with Gasteiger partial charge in [-0.25, -0.2) is 9.97 Å². The molecule has 0 spiro atoms. The fourth-order valence-corrected chi connectivity index (χ4v) is 2.05. The molecule has 88 valence electrons. The molecule has 0 radical (unpaired) electrons. The van der Waals surface area contributed by atoms with Gasteiger partial charge in [0.25, 0.3) is 0 Å². The quantitative estimate of drug-likeness (QED) is 0.804. The lowest BCUT2D eigenvalue weighted by molar-refractivity contribution is 0.181. The zero-order chi connectivity index (χ0) is 11.4. The van der Waals surface area contributed by atoms with Gasteiger partial charge in [0.1, 0.15) is 6.33 Å². The standard InChI is InChI=1S/C11H18N4O/c1-9(15-5-3-12-4-6-15)10-7-13-8-14-11(10)16-2/h7-9,12H,3-6H2,1-2H3. The molecule has 0 aliphatic carbocycles. The number of hydrogen-bond donors (Lipinski definition) is 1. The van der Waals surface area contributed by atoms with Crippen molar-refractivity contribution in [2.45, 2.75) is 13.0 Å². The molecular weight excluding hydrogens is 204 g/mol. The molecule has 1 aromatic rings. The average molecular weight is 222 g/mol. The van der Waals surface area contributed by atoms with E-state index >= 15 is 0 Å². The first kappa shape index (κ1) is 11.3. The summed E-state index contributed by atoms with van der Waals surface area (Å²) in [4.78, 5) is 10.6.